The summed E-state index contributed by atoms with van der Waals surface area (Å²) < 4.78 is 3.88. The molecule has 74 valence electrons. The number of hydrogen-bond acceptors (Lipinski definition) is 4. The minimum absolute atomic E-state index is 0.0314. The van der Waals surface area contributed by atoms with Crippen molar-refractivity contribution in [2.45, 2.75) is 0 Å². The molecule has 0 unspecified atom stereocenters. The Morgan fingerprint density at radius 2 is 2.14 bits per heavy atom. The van der Waals surface area contributed by atoms with Gasteiger partial charge in [-0.3, -0.25) is 10.1 Å². The molecule has 1 aromatic rings. The zero-order valence-electron chi connectivity index (χ0n) is 6.57. The van der Waals surface area contributed by atoms with E-state index in [0.717, 1.165) is 6.07 Å². The Morgan fingerprint density at radius 3 is 2.64 bits per heavy atom. The van der Waals surface area contributed by atoms with Crippen molar-refractivity contribution in [2.75, 3.05) is 0 Å². The van der Waals surface area contributed by atoms with Crippen LogP contribution in [-0.4, -0.2) is 10.9 Å². The number of nitro groups is 1. The maximum Gasteiger partial charge on any atom is 0.356 e. The Balaban J connectivity index is 3.19. The molecular weight excluding hydrogens is 233 g/mol. The van der Waals surface area contributed by atoms with Crippen LogP contribution < -0.4 is 0 Å². The van der Waals surface area contributed by atoms with Crippen molar-refractivity contribution in [1.82, 2.24) is 0 Å². The Bertz CT molecular complexity index is 393. The highest BCUT2D eigenvalue weighted by molar-refractivity contribution is 6.32. The zero-order valence-corrected chi connectivity index (χ0v) is 8.08. The molecule has 0 amide bonds. The molecule has 0 saturated carbocycles. The average molecular weight is 236 g/mol. The molecule has 1 rings (SSSR count). The van der Waals surface area contributed by atoms with Crippen molar-refractivity contribution in [3.8, 4) is 0 Å². The number of hydrogen-bond donors (Lipinski definition) is 0. The number of halogens is 2. The summed E-state index contributed by atoms with van der Waals surface area (Å²) in [5, 5.41) is 10.4. The van der Waals surface area contributed by atoms with Gasteiger partial charge in [0.15, 0.2) is 0 Å². The molecular formula is C7H3Cl2NO4. The van der Waals surface area contributed by atoms with Gasteiger partial charge in [-0.05, 0) is 12.1 Å². The molecule has 0 aliphatic carbocycles. The Kier molecular flexibility index (Phi) is 3.27. The fourth-order valence-electron chi connectivity index (χ4n) is 0.824. The van der Waals surface area contributed by atoms with E-state index in [1.54, 1.807) is 0 Å². The second kappa shape index (κ2) is 4.26. The average Bonchev–Trinajstić information content (AvgIpc) is 2.17. The summed E-state index contributed by atoms with van der Waals surface area (Å²) in [5.74, 6) is -0.869. The second-order valence-electron chi connectivity index (χ2n) is 2.29. The zero-order chi connectivity index (χ0) is 10.7. The van der Waals surface area contributed by atoms with Crippen LogP contribution in [0.1, 0.15) is 10.4 Å². The van der Waals surface area contributed by atoms with Crippen molar-refractivity contribution in [3.63, 3.8) is 0 Å². The van der Waals surface area contributed by atoms with Crippen molar-refractivity contribution in [1.29, 1.82) is 0 Å². The molecule has 0 fully saturated rings. The first-order valence-electron chi connectivity index (χ1n) is 3.33. The molecule has 14 heavy (non-hydrogen) atoms. The van der Waals surface area contributed by atoms with Gasteiger partial charge in [0, 0.05) is 6.07 Å². The monoisotopic (exact) mass is 235 g/mol. The first-order chi connectivity index (χ1) is 6.56. The van der Waals surface area contributed by atoms with Gasteiger partial charge in [0.05, 0.1) is 10.5 Å². The number of benzene rings is 1. The molecule has 0 saturated heterocycles. The van der Waals surface area contributed by atoms with E-state index in [1.807, 2.05) is 0 Å². The largest absolute Gasteiger partial charge is 0.356 e. The van der Waals surface area contributed by atoms with E-state index >= 15 is 0 Å². The third-order valence-electron chi connectivity index (χ3n) is 1.45. The van der Waals surface area contributed by atoms with Crippen LogP contribution in [0.3, 0.4) is 0 Å². The van der Waals surface area contributed by atoms with Crippen molar-refractivity contribution in [2.24, 2.45) is 0 Å². The summed E-state index contributed by atoms with van der Waals surface area (Å²) in [6, 6.07) is 3.50. The van der Waals surface area contributed by atoms with E-state index in [9.17, 15) is 14.9 Å². The number of nitro benzene ring substituents is 1. The van der Waals surface area contributed by atoms with Gasteiger partial charge in [0.25, 0.3) is 5.69 Å². The summed E-state index contributed by atoms with van der Waals surface area (Å²) in [4.78, 5) is 20.6. The number of carbonyl (C=O) groups excluding carboxylic acids is 1. The van der Waals surface area contributed by atoms with Gasteiger partial charge in [-0.2, -0.15) is 0 Å². The van der Waals surface area contributed by atoms with E-state index < -0.39 is 10.9 Å². The van der Waals surface area contributed by atoms with Crippen LogP contribution in [0, 0.1) is 10.1 Å². The molecule has 1 aromatic carbocycles. The summed E-state index contributed by atoms with van der Waals surface area (Å²) in [6.45, 7) is 0. The summed E-state index contributed by atoms with van der Waals surface area (Å²) in [7, 11) is 0. The highest BCUT2D eigenvalue weighted by atomic mass is 35.5. The lowest BCUT2D eigenvalue weighted by Gasteiger charge is -1.98. The van der Waals surface area contributed by atoms with E-state index in [4.69, 9.17) is 23.5 Å². The molecule has 0 radical (unpaired) electrons. The predicted molar refractivity (Wildman–Crippen MR) is 49.4 cm³/mol. The predicted octanol–water partition coefficient (Wildman–Crippen LogP) is 2.56. The SMILES string of the molecule is O=C(OCl)c1ccc(Cl)c([N+](=O)[O-])c1. The normalized spacial score (nSPS) is 9.57. The first kappa shape index (κ1) is 10.7. The van der Waals surface area contributed by atoms with E-state index in [2.05, 4.69) is 4.29 Å². The molecule has 0 N–H and O–H groups in total. The van der Waals surface area contributed by atoms with E-state index in [-0.39, 0.29) is 16.3 Å². The number of carbonyl (C=O) groups is 1. The summed E-state index contributed by atoms with van der Waals surface area (Å²) >= 11 is 10.3. The van der Waals surface area contributed by atoms with Gasteiger partial charge in [0.1, 0.15) is 16.9 Å². The standard InChI is InChI=1S/C7H3Cl2NO4/c8-5-2-1-4(7(11)14-9)3-6(5)10(12)13/h1-3H. The highest BCUT2D eigenvalue weighted by Crippen LogP contribution is 2.25. The lowest BCUT2D eigenvalue weighted by Crippen LogP contribution is -1.99. The fourth-order valence-corrected chi connectivity index (χ4v) is 1.10. The highest BCUT2D eigenvalue weighted by Gasteiger charge is 2.16. The van der Waals surface area contributed by atoms with Crippen LogP contribution in [0.15, 0.2) is 18.2 Å². The minimum atomic E-state index is -0.869. The Morgan fingerprint density at radius 1 is 1.50 bits per heavy atom. The van der Waals surface area contributed by atoms with Gasteiger partial charge in [-0.15, -0.1) is 0 Å². The molecule has 0 bridgehead atoms. The molecule has 0 aliphatic rings. The third kappa shape index (κ3) is 2.12. The summed E-state index contributed by atoms with van der Waals surface area (Å²) in [6.07, 6.45) is 0. The van der Waals surface area contributed by atoms with Crippen LogP contribution in [0.25, 0.3) is 0 Å². The number of rotatable bonds is 2. The van der Waals surface area contributed by atoms with Crippen LogP contribution in [0.2, 0.25) is 5.02 Å². The van der Waals surface area contributed by atoms with Gasteiger partial charge in [-0.1, -0.05) is 11.6 Å². The van der Waals surface area contributed by atoms with Crippen LogP contribution in [0.4, 0.5) is 5.69 Å². The lowest BCUT2D eigenvalue weighted by molar-refractivity contribution is -0.384. The van der Waals surface area contributed by atoms with Gasteiger partial charge >= 0.3 is 5.97 Å². The summed E-state index contributed by atoms with van der Waals surface area (Å²) in [5.41, 5.74) is -0.401. The van der Waals surface area contributed by atoms with E-state index in [1.165, 1.54) is 12.1 Å². The topological polar surface area (TPSA) is 69.4 Å². The Hall–Kier alpha value is -1.33. The molecule has 5 nitrogen and oxygen atoms in total. The van der Waals surface area contributed by atoms with Crippen molar-refractivity contribution >= 4 is 35.1 Å². The maximum atomic E-state index is 10.9. The second-order valence-corrected chi connectivity index (χ2v) is 2.85. The molecule has 7 heteroatoms. The smallest absolute Gasteiger partial charge is 0.343 e. The lowest BCUT2D eigenvalue weighted by atomic mass is 10.2. The van der Waals surface area contributed by atoms with Crippen LogP contribution >= 0.6 is 23.5 Å². The van der Waals surface area contributed by atoms with Gasteiger partial charge in [-0.25, -0.2) is 4.79 Å². The molecule has 0 atom stereocenters. The minimum Gasteiger partial charge on any atom is -0.343 e. The van der Waals surface area contributed by atoms with Crippen molar-refractivity contribution in [3.05, 3.63) is 38.9 Å². The van der Waals surface area contributed by atoms with Crippen molar-refractivity contribution < 1.29 is 14.0 Å². The van der Waals surface area contributed by atoms with Gasteiger partial charge in [0.2, 0.25) is 0 Å². The quantitative estimate of drug-likeness (QED) is 0.584. The molecule has 0 heterocycles. The third-order valence-corrected chi connectivity index (χ3v) is 1.91. The maximum absolute atomic E-state index is 10.9. The fraction of sp³-hybridized carbons (Fsp3) is 0. The van der Waals surface area contributed by atoms with E-state index in [0.29, 0.717) is 0 Å². The van der Waals surface area contributed by atoms with Gasteiger partial charge < -0.3 is 4.29 Å². The molecule has 0 aliphatic heterocycles. The van der Waals surface area contributed by atoms with Crippen LogP contribution in [-0.2, 0) is 4.29 Å². The Labute approximate surface area is 88.5 Å². The first-order valence-corrected chi connectivity index (χ1v) is 4.01. The van der Waals surface area contributed by atoms with Crippen LogP contribution in [0.5, 0.6) is 0 Å². The number of nitrogens with zero attached hydrogens (tertiary/aromatic N) is 1. The molecule has 0 aromatic heterocycles. The molecule has 0 spiro atoms.